The van der Waals surface area contributed by atoms with Crippen LogP contribution in [0.4, 0.5) is 32.0 Å². The number of anilines is 1. The van der Waals surface area contributed by atoms with E-state index in [1.165, 1.54) is 6.19 Å². The van der Waals surface area contributed by atoms with Gasteiger partial charge in [0.25, 0.3) is 0 Å². The van der Waals surface area contributed by atoms with Crippen molar-refractivity contribution in [1.82, 2.24) is 5.32 Å². The molecule has 1 unspecified atom stereocenters. The number of hydrogen-bond acceptors (Lipinski definition) is 2. The number of nitriles is 1. The second kappa shape index (κ2) is 7.63. The monoisotopic (exact) mass is 366 g/mol. The number of benzene rings is 1. The maximum atomic E-state index is 12.8. The summed E-state index contributed by atoms with van der Waals surface area (Å²) >= 11 is 0. The molecule has 0 saturated carbocycles. The Labute approximate surface area is 140 Å². The largest absolute Gasteiger partial charge is 0.416 e. The molecule has 0 radical (unpaired) electrons. The summed E-state index contributed by atoms with van der Waals surface area (Å²) in [6, 6.07) is 0.737. The Morgan fingerprint density at radius 3 is 1.84 bits per heavy atom. The van der Waals surface area contributed by atoms with Crippen molar-refractivity contribution in [3.8, 4) is 6.19 Å². The Morgan fingerprint density at radius 2 is 1.48 bits per heavy atom. The molecule has 0 spiro atoms. The number of rotatable bonds is 3. The average molecular weight is 366 g/mol. The van der Waals surface area contributed by atoms with Gasteiger partial charge >= 0.3 is 12.4 Å². The first-order valence-corrected chi connectivity index (χ1v) is 7.14. The second-order valence-corrected chi connectivity index (χ2v) is 5.62. The van der Waals surface area contributed by atoms with Gasteiger partial charge in [-0.1, -0.05) is 13.8 Å². The zero-order valence-electron chi connectivity index (χ0n) is 13.5. The standard InChI is InChI=1S/C15H16F6N4/c1-8(2)9(3)24-13(23-7-22)25-12-5-10(14(16,17)18)4-11(6-12)15(19,20)21/h4-6,8-9H,1-3H3,(H2,23,24,25). The second-order valence-electron chi connectivity index (χ2n) is 5.62. The number of alkyl halides is 6. The van der Waals surface area contributed by atoms with Gasteiger partial charge in [-0.25, -0.2) is 4.99 Å². The van der Waals surface area contributed by atoms with Crippen LogP contribution in [0.15, 0.2) is 23.2 Å². The molecule has 138 valence electrons. The van der Waals surface area contributed by atoms with Crippen molar-refractivity contribution in [3.05, 3.63) is 29.3 Å². The summed E-state index contributed by atoms with van der Waals surface area (Å²) in [5.74, 6) is -0.194. The zero-order valence-corrected chi connectivity index (χ0v) is 13.5. The number of hydrogen-bond donors (Lipinski definition) is 2. The number of nitrogens with zero attached hydrogens (tertiary/aromatic N) is 2. The van der Waals surface area contributed by atoms with Crippen LogP contribution in [0.3, 0.4) is 0 Å². The fraction of sp³-hybridized carbons (Fsp3) is 0.467. The number of aliphatic imine (C=N–C) groups is 1. The SMILES string of the molecule is CC(C)C(C)/N=C(\NC#N)Nc1cc(C(F)(F)F)cc(C(F)(F)F)c1. The van der Waals surface area contributed by atoms with E-state index < -0.39 is 29.2 Å². The van der Waals surface area contributed by atoms with Crippen molar-refractivity contribution in [2.75, 3.05) is 5.32 Å². The molecule has 25 heavy (non-hydrogen) atoms. The maximum absolute atomic E-state index is 12.8. The molecule has 0 saturated heterocycles. The van der Waals surface area contributed by atoms with Gasteiger partial charge in [-0.15, -0.1) is 0 Å². The van der Waals surface area contributed by atoms with Gasteiger partial charge in [-0.2, -0.15) is 31.6 Å². The number of nitrogens with one attached hydrogen (secondary N) is 2. The molecule has 1 atom stereocenters. The average Bonchev–Trinajstić information content (AvgIpc) is 2.45. The molecule has 0 aromatic heterocycles. The number of halogens is 6. The zero-order chi connectivity index (χ0) is 19.4. The van der Waals surface area contributed by atoms with Crippen LogP contribution in [-0.4, -0.2) is 12.0 Å². The van der Waals surface area contributed by atoms with Gasteiger partial charge in [0.15, 0.2) is 6.19 Å². The lowest BCUT2D eigenvalue weighted by atomic mass is 10.1. The molecular formula is C15H16F6N4. The highest BCUT2D eigenvalue weighted by molar-refractivity contribution is 5.94. The summed E-state index contributed by atoms with van der Waals surface area (Å²) in [5.41, 5.74) is -3.41. The van der Waals surface area contributed by atoms with Gasteiger partial charge in [0.1, 0.15) is 0 Å². The Bertz CT molecular complexity index is 638. The molecular weight excluding hydrogens is 350 g/mol. The summed E-state index contributed by atoms with van der Waals surface area (Å²) in [7, 11) is 0. The van der Waals surface area contributed by atoms with Crippen LogP contribution in [0.2, 0.25) is 0 Å². The van der Waals surface area contributed by atoms with E-state index >= 15 is 0 Å². The quantitative estimate of drug-likeness (QED) is 0.270. The van der Waals surface area contributed by atoms with Crippen LogP contribution in [0.5, 0.6) is 0 Å². The lowest BCUT2D eigenvalue weighted by Crippen LogP contribution is -2.29. The smallest absolute Gasteiger partial charge is 0.325 e. The summed E-state index contributed by atoms with van der Waals surface area (Å²) < 4.78 is 77.1. The van der Waals surface area contributed by atoms with E-state index in [9.17, 15) is 26.3 Å². The molecule has 1 aromatic carbocycles. The molecule has 0 aliphatic heterocycles. The Morgan fingerprint density at radius 1 is 1.00 bits per heavy atom. The normalized spacial score (nSPS) is 14.2. The van der Waals surface area contributed by atoms with E-state index in [2.05, 4.69) is 15.6 Å². The van der Waals surface area contributed by atoms with Crippen LogP contribution in [0.25, 0.3) is 0 Å². The fourth-order valence-corrected chi connectivity index (χ4v) is 1.67. The van der Waals surface area contributed by atoms with Crippen molar-refractivity contribution >= 4 is 11.6 Å². The summed E-state index contributed by atoms with van der Waals surface area (Å²) in [4.78, 5) is 4.05. The fourth-order valence-electron chi connectivity index (χ4n) is 1.67. The maximum Gasteiger partial charge on any atom is 0.416 e. The molecule has 0 fully saturated rings. The van der Waals surface area contributed by atoms with Crippen molar-refractivity contribution in [1.29, 1.82) is 5.26 Å². The highest BCUT2D eigenvalue weighted by atomic mass is 19.4. The molecule has 2 N–H and O–H groups in total. The van der Waals surface area contributed by atoms with Crippen LogP contribution in [0.1, 0.15) is 31.9 Å². The van der Waals surface area contributed by atoms with Crippen LogP contribution in [0, 0.1) is 17.4 Å². The van der Waals surface area contributed by atoms with Crippen molar-refractivity contribution in [2.24, 2.45) is 10.9 Å². The lowest BCUT2D eigenvalue weighted by molar-refractivity contribution is -0.143. The summed E-state index contributed by atoms with van der Waals surface area (Å²) in [6.45, 7) is 5.34. The van der Waals surface area contributed by atoms with Gasteiger partial charge in [-0.05, 0) is 31.0 Å². The van der Waals surface area contributed by atoms with E-state index in [1.807, 2.05) is 13.8 Å². The predicted molar refractivity (Wildman–Crippen MR) is 80.6 cm³/mol. The highest BCUT2D eigenvalue weighted by Crippen LogP contribution is 2.37. The van der Waals surface area contributed by atoms with E-state index in [1.54, 1.807) is 6.92 Å². The molecule has 0 aliphatic carbocycles. The predicted octanol–water partition coefficient (Wildman–Crippen LogP) is 4.61. The third-order valence-corrected chi connectivity index (χ3v) is 3.32. The molecule has 1 rings (SSSR count). The first kappa shape index (κ1) is 20.6. The minimum absolute atomic E-state index is 0.0243. The Kier molecular flexibility index (Phi) is 6.29. The lowest BCUT2D eigenvalue weighted by Gasteiger charge is -2.17. The summed E-state index contributed by atoms with van der Waals surface area (Å²) in [6.07, 6.45) is -8.38. The van der Waals surface area contributed by atoms with Crippen molar-refractivity contribution < 1.29 is 26.3 Å². The highest BCUT2D eigenvalue weighted by Gasteiger charge is 2.37. The van der Waals surface area contributed by atoms with Gasteiger partial charge in [0.2, 0.25) is 5.96 Å². The third kappa shape index (κ3) is 6.17. The minimum Gasteiger partial charge on any atom is -0.325 e. The minimum atomic E-state index is -4.96. The van der Waals surface area contributed by atoms with Crippen LogP contribution in [-0.2, 0) is 12.4 Å². The van der Waals surface area contributed by atoms with E-state index in [0.29, 0.717) is 12.1 Å². The first-order chi connectivity index (χ1) is 11.3. The first-order valence-electron chi connectivity index (χ1n) is 7.14. The molecule has 10 heteroatoms. The van der Waals surface area contributed by atoms with Crippen LogP contribution >= 0.6 is 0 Å². The van der Waals surface area contributed by atoms with E-state index in [4.69, 9.17) is 5.26 Å². The molecule has 0 heterocycles. The molecule has 0 amide bonds. The van der Waals surface area contributed by atoms with Crippen LogP contribution < -0.4 is 10.6 Å². The van der Waals surface area contributed by atoms with Crippen molar-refractivity contribution in [3.63, 3.8) is 0 Å². The van der Waals surface area contributed by atoms with Crippen molar-refractivity contribution in [2.45, 2.75) is 39.2 Å². The molecule has 4 nitrogen and oxygen atoms in total. The molecule has 0 bridgehead atoms. The molecule has 1 aromatic rings. The van der Waals surface area contributed by atoms with E-state index in [0.717, 1.165) is 0 Å². The number of guanidine groups is 1. The molecule has 0 aliphatic rings. The van der Waals surface area contributed by atoms with E-state index in [-0.39, 0.29) is 24.0 Å². The van der Waals surface area contributed by atoms with Gasteiger partial charge in [-0.3, -0.25) is 5.32 Å². The van der Waals surface area contributed by atoms with Gasteiger partial charge < -0.3 is 5.32 Å². The van der Waals surface area contributed by atoms with Gasteiger partial charge in [0.05, 0.1) is 17.2 Å². The topological polar surface area (TPSA) is 60.2 Å². The third-order valence-electron chi connectivity index (χ3n) is 3.32. The Balaban J connectivity index is 3.32. The van der Waals surface area contributed by atoms with Gasteiger partial charge in [0, 0.05) is 5.69 Å². The Hall–Kier alpha value is -2.44. The summed E-state index contributed by atoms with van der Waals surface area (Å²) in [5, 5.41) is 13.1.